The maximum absolute atomic E-state index is 12.0. The molecule has 9 nitrogen and oxygen atoms in total. The zero-order valence-electron chi connectivity index (χ0n) is 18.2. The highest BCUT2D eigenvalue weighted by Gasteiger charge is 2.40. The minimum absolute atomic E-state index is 0.161. The van der Waals surface area contributed by atoms with E-state index in [0.717, 1.165) is 11.1 Å². The lowest BCUT2D eigenvalue weighted by molar-refractivity contribution is -0.142. The molecule has 1 aromatic heterocycles. The number of hydrogen-bond acceptors (Lipinski definition) is 7. The van der Waals surface area contributed by atoms with Gasteiger partial charge in [0.25, 0.3) is 5.89 Å². The molecule has 1 N–H and O–H groups in total. The highest BCUT2D eigenvalue weighted by molar-refractivity contribution is 5.74. The molecule has 33 heavy (non-hydrogen) atoms. The van der Waals surface area contributed by atoms with Gasteiger partial charge >= 0.3 is 12.1 Å². The molecule has 1 saturated heterocycles. The minimum Gasteiger partial charge on any atom is -0.485 e. The van der Waals surface area contributed by atoms with Crippen molar-refractivity contribution in [3.8, 4) is 17.2 Å². The number of carboxylic acid groups (broad SMARTS) is 1. The third kappa shape index (κ3) is 5.49. The molecule has 0 saturated carbocycles. The second kappa shape index (κ2) is 10.2. The molecule has 0 radical (unpaired) electrons. The number of amides is 1. The highest BCUT2D eigenvalue weighted by atomic mass is 16.6. The molecule has 3 aromatic rings. The van der Waals surface area contributed by atoms with Gasteiger partial charge in [0.05, 0.1) is 12.5 Å². The average Bonchev–Trinajstić information content (AvgIpc) is 3.47. The fraction of sp³-hybridized carbons (Fsp3) is 0.333. The predicted molar refractivity (Wildman–Crippen MR) is 117 cm³/mol. The molecule has 9 heteroatoms. The van der Waals surface area contributed by atoms with E-state index in [-0.39, 0.29) is 25.7 Å². The SMILES string of the molecule is CCOC(=O)N1C[C@@H](Cc2ccc(OCc3noc(-c4ccccc4)n3)cc2)[C@@H](C(=O)O)C1. The first kappa shape index (κ1) is 22.3. The molecule has 0 bridgehead atoms. The lowest BCUT2D eigenvalue weighted by Gasteiger charge is -2.15. The Balaban J connectivity index is 1.33. The Labute approximate surface area is 190 Å². The number of nitrogens with zero attached hydrogens (tertiary/aromatic N) is 3. The summed E-state index contributed by atoms with van der Waals surface area (Å²) >= 11 is 0. The minimum atomic E-state index is -0.901. The van der Waals surface area contributed by atoms with Crippen molar-refractivity contribution >= 4 is 12.1 Å². The maximum atomic E-state index is 12.0. The van der Waals surface area contributed by atoms with E-state index in [1.807, 2.05) is 54.6 Å². The Morgan fingerprint density at radius 1 is 1.12 bits per heavy atom. The Kier molecular flexibility index (Phi) is 6.87. The summed E-state index contributed by atoms with van der Waals surface area (Å²) in [5, 5.41) is 13.5. The van der Waals surface area contributed by atoms with Crippen LogP contribution in [-0.4, -0.2) is 51.9 Å². The van der Waals surface area contributed by atoms with Crippen molar-refractivity contribution < 1.29 is 28.7 Å². The summed E-state index contributed by atoms with van der Waals surface area (Å²) < 4.78 is 16.0. The number of aliphatic carboxylic acids is 1. The lowest BCUT2D eigenvalue weighted by atomic mass is 9.90. The van der Waals surface area contributed by atoms with Crippen LogP contribution in [0, 0.1) is 11.8 Å². The number of carboxylic acids is 1. The monoisotopic (exact) mass is 451 g/mol. The van der Waals surface area contributed by atoms with Crippen molar-refractivity contribution in [2.45, 2.75) is 20.0 Å². The van der Waals surface area contributed by atoms with Crippen molar-refractivity contribution in [1.82, 2.24) is 15.0 Å². The summed E-state index contributed by atoms with van der Waals surface area (Å²) in [6.07, 6.45) is 0.0743. The molecule has 2 aromatic carbocycles. The zero-order valence-corrected chi connectivity index (χ0v) is 18.2. The van der Waals surface area contributed by atoms with E-state index in [4.69, 9.17) is 14.0 Å². The van der Waals surface area contributed by atoms with Gasteiger partial charge in [-0.3, -0.25) is 4.79 Å². The quantitative estimate of drug-likeness (QED) is 0.552. The van der Waals surface area contributed by atoms with Crippen LogP contribution in [0.25, 0.3) is 11.5 Å². The standard InChI is InChI=1S/C24H25N3O6/c1-2-31-24(30)27-13-18(20(14-27)23(28)29)12-16-8-10-19(11-9-16)32-15-21-25-22(33-26-21)17-6-4-3-5-7-17/h3-11,18,20H,2,12-15H2,1H3,(H,28,29)/t18-,20+/m1/s1. The average molecular weight is 451 g/mol. The Hall–Kier alpha value is -3.88. The Morgan fingerprint density at radius 3 is 2.58 bits per heavy atom. The van der Waals surface area contributed by atoms with Crippen LogP contribution < -0.4 is 4.74 Å². The van der Waals surface area contributed by atoms with Crippen LogP contribution in [0.5, 0.6) is 5.75 Å². The van der Waals surface area contributed by atoms with Crippen LogP contribution in [-0.2, 0) is 22.6 Å². The van der Waals surface area contributed by atoms with Crippen molar-refractivity contribution in [3.63, 3.8) is 0 Å². The van der Waals surface area contributed by atoms with Gasteiger partial charge in [-0.2, -0.15) is 4.98 Å². The largest absolute Gasteiger partial charge is 0.485 e. The first-order valence-electron chi connectivity index (χ1n) is 10.8. The molecule has 1 aliphatic rings. The van der Waals surface area contributed by atoms with Crippen molar-refractivity contribution in [2.75, 3.05) is 19.7 Å². The van der Waals surface area contributed by atoms with Gasteiger partial charge in [0.1, 0.15) is 5.75 Å². The molecule has 2 heterocycles. The van der Waals surface area contributed by atoms with E-state index < -0.39 is 18.0 Å². The van der Waals surface area contributed by atoms with E-state index in [2.05, 4.69) is 10.1 Å². The third-order valence-corrected chi connectivity index (χ3v) is 5.56. The van der Waals surface area contributed by atoms with Gasteiger partial charge in [0.2, 0.25) is 5.82 Å². The molecule has 1 fully saturated rings. The van der Waals surface area contributed by atoms with Crippen LogP contribution in [0.15, 0.2) is 59.1 Å². The fourth-order valence-electron chi connectivity index (χ4n) is 3.90. The Morgan fingerprint density at radius 2 is 1.88 bits per heavy atom. The van der Waals surface area contributed by atoms with E-state index >= 15 is 0 Å². The lowest BCUT2D eigenvalue weighted by Crippen LogP contribution is -2.30. The molecule has 0 unspecified atom stereocenters. The Bertz CT molecular complexity index is 1080. The predicted octanol–water partition coefficient (Wildman–Crippen LogP) is 3.65. The first-order valence-corrected chi connectivity index (χ1v) is 10.8. The summed E-state index contributed by atoms with van der Waals surface area (Å²) in [7, 11) is 0. The van der Waals surface area contributed by atoms with Crippen LogP contribution in [0.4, 0.5) is 4.79 Å². The van der Waals surface area contributed by atoms with Gasteiger partial charge in [-0.25, -0.2) is 4.79 Å². The van der Waals surface area contributed by atoms with Gasteiger partial charge in [0.15, 0.2) is 6.61 Å². The maximum Gasteiger partial charge on any atom is 0.409 e. The fourth-order valence-corrected chi connectivity index (χ4v) is 3.90. The molecular weight excluding hydrogens is 426 g/mol. The number of benzene rings is 2. The van der Waals surface area contributed by atoms with E-state index in [0.29, 0.717) is 30.4 Å². The number of likely N-dealkylation sites (tertiary alicyclic amines) is 1. The van der Waals surface area contributed by atoms with Gasteiger partial charge in [0, 0.05) is 18.7 Å². The van der Waals surface area contributed by atoms with E-state index in [1.165, 1.54) is 4.90 Å². The number of ether oxygens (including phenoxy) is 2. The number of rotatable bonds is 8. The van der Waals surface area contributed by atoms with Gasteiger partial charge < -0.3 is 24.0 Å². The molecule has 0 spiro atoms. The molecule has 4 rings (SSSR count). The van der Waals surface area contributed by atoms with Crippen molar-refractivity contribution in [2.24, 2.45) is 11.8 Å². The smallest absolute Gasteiger partial charge is 0.409 e. The third-order valence-electron chi connectivity index (χ3n) is 5.56. The summed E-state index contributed by atoms with van der Waals surface area (Å²) in [6.45, 7) is 2.67. The number of carbonyl (C=O) groups is 2. The van der Waals surface area contributed by atoms with Crippen molar-refractivity contribution in [1.29, 1.82) is 0 Å². The van der Waals surface area contributed by atoms with E-state index in [9.17, 15) is 14.7 Å². The van der Waals surface area contributed by atoms with Gasteiger partial charge in [-0.1, -0.05) is 35.5 Å². The number of hydrogen-bond donors (Lipinski definition) is 1. The molecule has 2 atom stereocenters. The summed E-state index contributed by atoms with van der Waals surface area (Å²) in [4.78, 5) is 29.5. The van der Waals surface area contributed by atoms with Crippen LogP contribution >= 0.6 is 0 Å². The second-order valence-electron chi connectivity index (χ2n) is 7.83. The highest BCUT2D eigenvalue weighted by Crippen LogP contribution is 2.28. The van der Waals surface area contributed by atoms with Crippen molar-refractivity contribution in [3.05, 3.63) is 66.0 Å². The topological polar surface area (TPSA) is 115 Å². The summed E-state index contributed by atoms with van der Waals surface area (Å²) in [5.41, 5.74) is 1.81. The van der Waals surface area contributed by atoms with Gasteiger partial charge in [-0.15, -0.1) is 0 Å². The van der Waals surface area contributed by atoms with Crippen LogP contribution in [0.3, 0.4) is 0 Å². The van der Waals surface area contributed by atoms with Gasteiger partial charge in [-0.05, 0) is 49.1 Å². The first-order chi connectivity index (χ1) is 16.0. The van der Waals surface area contributed by atoms with Crippen LogP contribution in [0.2, 0.25) is 0 Å². The number of carbonyl (C=O) groups excluding carboxylic acids is 1. The summed E-state index contributed by atoms with van der Waals surface area (Å²) in [5.74, 6) is -0.198. The van der Waals surface area contributed by atoms with Crippen LogP contribution in [0.1, 0.15) is 18.3 Å². The van der Waals surface area contributed by atoms with E-state index in [1.54, 1.807) is 6.92 Å². The molecule has 1 amide bonds. The molecule has 0 aliphatic carbocycles. The molecule has 1 aliphatic heterocycles. The normalized spacial score (nSPS) is 17.7. The zero-order chi connectivity index (χ0) is 23.2. The second-order valence-corrected chi connectivity index (χ2v) is 7.83. The molecule has 172 valence electrons. The number of aromatic nitrogens is 2. The summed E-state index contributed by atoms with van der Waals surface area (Å²) in [6, 6.07) is 16.9. The molecular formula is C24H25N3O6.